The van der Waals surface area contributed by atoms with Gasteiger partial charge in [0.2, 0.25) is 0 Å². The number of fused-ring (bicyclic) bond motifs is 1. The topological polar surface area (TPSA) is 208 Å². The van der Waals surface area contributed by atoms with Crippen molar-refractivity contribution in [3.05, 3.63) is 107 Å². The average Bonchev–Trinajstić information content (AvgIpc) is 4.06. The van der Waals surface area contributed by atoms with Crippen LogP contribution in [0.2, 0.25) is 0 Å². The minimum Gasteiger partial charge on any atom is -0.449 e. The maximum Gasteiger partial charge on any atom is 0.430 e. The number of ether oxygens (including phenoxy) is 2. The Kier molecular flexibility index (Phi) is 11.9. The average molecular weight is 775 g/mol. The largest absolute Gasteiger partial charge is 0.449 e. The van der Waals surface area contributed by atoms with Crippen molar-refractivity contribution in [1.82, 2.24) is 55.8 Å². The number of H-pyrrole nitrogens is 1. The quantitative estimate of drug-likeness (QED) is 0.111. The second-order valence-corrected chi connectivity index (χ2v) is 13.8. The van der Waals surface area contributed by atoms with Gasteiger partial charge >= 0.3 is 12.2 Å². The lowest BCUT2D eigenvalue weighted by Gasteiger charge is -2.33. The van der Waals surface area contributed by atoms with Gasteiger partial charge in [-0.05, 0) is 70.8 Å². The van der Waals surface area contributed by atoms with Gasteiger partial charge in [-0.1, -0.05) is 74.5 Å². The third-order valence-electron chi connectivity index (χ3n) is 10.4. The van der Waals surface area contributed by atoms with Crippen molar-refractivity contribution in [3.8, 4) is 0 Å². The minimum absolute atomic E-state index is 0.197. The fourth-order valence-corrected chi connectivity index (χ4v) is 7.56. The Labute approximate surface area is 329 Å². The molecule has 5 heterocycles. The van der Waals surface area contributed by atoms with Crippen molar-refractivity contribution < 1.29 is 19.1 Å². The number of aromatic amines is 1. The molecule has 3 aromatic heterocycles. The molecule has 18 heteroatoms. The second-order valence-electron chi connectivity index (χ2n) is 13.8. The van der Waals surface area contributed by atoms with Gasteiger partial charge in [-0.25, -0.2) is 24.4 Å². The molecule has 2 amide bonds. The second kappa shape index (κ2) is 17.5. The number of tetrazole rings is 2. The fraction of sp³-hybridized carbons (Fsp3) is 0.410. The van der Waals surface area contributed by atoms with Gasteiger partial charge in [0.05, 0.1) is 38.4 Å². The van der Waals surface area contributed by atoms with Crippen LogP contribution >= 0.6 is 0 Å². The van der Waals surface area contributed by atoms with Crippen LogP contribution in [0, 0.1) is 0 Å². The van der Waals surface area contributed by atoms with E-state index in [1.54, 1.807) is 23.2 Å². The lowest BCUT2D eigenvalue weighted by atomic mass is 9.73. The van der Waals surface area contributed by atoms with Crippen LogP contribution in [-0.4, -0.2) is 105 Å². The maximum atomic E-state index is 13.5. The summed E-state index contributed by atoms with van der Waals surface area (Å²) in [6.45, 7) is 9.04. The lowest BCUT2D eigenvalue weighted by molar-refractivity contribution is 0.0860. The van der Waals surface area contributed by atoms with Crippen LogP contribution in [0.1, 0.15) is 87.5 Å². The number of amides is 2. The Morgan fingerprint density at radius 3 is 2.19 bits per heavy atom. The molecule has 2 aliphatic rings. The Balaban J connectivity index is 1.17. The van der Waals surface area contributed by atoms with Crippen molar-refractivity contribution >= 4 is 29.3 Å². The predicted molar refractivity (Wildman–Crippen MR) is 210 cm³/mol. The smallest absolute Gasteiger partial charge is 0.430 e. The van der Waals surface area contributed by atoms with Gasteiger partial charge in [-0.2, -0.15) is 15.2 Å². The SMILES string of the molecule is CCOC(=O)N/N=C(/Cc1ccc(C(CC)(CC)C2=NC3CC(c4nnnn4Cc4ccccc4)=NN(C(=O)OCC)C3C2)[nH]1)c1nnnn1Cc1ccccc1. The summed E-state index contributed by atoms with van der Waals surface area (Å²) in [5.41, 5.74) is 7.80. The normalized spacial score (nSPS) is 16.8. The van der Waals surface area contributed by atoms with Crippen molar-refractivity contribution in [2.24, 2.45) is 15.2 Å². The lowest BCUT2D eigenvalue weighted by Crippen LogP contribution is -2.47. The van der Waals surface area contributed by atoms with Gasteiger partial charge in [-0.3, -0.25) is 4.99 Å². The standard InChI is InChI=1S/C39H46N14O4/c1-5-39(6-2,33-20-19-28(40-33)21-30(42-45-37(54)56-7-3)35-43-47-49-51(35)24-26-15-11-9-12-16-26)34-23-32-29(41-34)22-31(46-53(32)38(55)57-8-4)36-44-48-50-52(36)25-27-17-13-10-14-18-27/h9-20,29,32,40H,5-8,21-25H2,1-4H3,(H,45,54)/b42-30-. The molecule has 0 aliphatic carbocycles. The molecule has 2 aromatic carbocycles. The van der Waals surface area contributed by atoms with Gasteiger partial charge in [0.15, 0.2) is 11.6 Å². The zero-order valence-electron chi connectivity index (χ0n) is 32.4. The number of nitrogens with zero attached hydrogens (tertiary/aromatic N) is 12. The number of carbonyl (C=O) groups is 2. The molecule has 5 aromatic rings. The first-order valence-electron chi connectivity index (χ1n) is 19.2. The highest BCUT2D eigenvalue weighted by molar-refractivity contribution is 6.02. The molecular formula is C39H46N14O4. The van der Waals surface area contributed by atoms with Crippen molar-refractivity contribution in [1.29, 1.82) is 0 Å². The van der Waals surface area contributed by atoms with Crippen molar-refractivity contribution in [3.63, 3.8) is 0 Å². The summed E-state index contributed by atoms with van der Waals surface area (Å²) >= 11 is 0. The highest BCUT2D eigenvalue weighted by Gasteiger charge is 2.48. The molecule has 2 unspecified atom stereocenters. The number of hydrogen-bond donors (Lipinski definition) is 2. The van der Waals surface area contributed by atoms with E-state index in [0.29, 0.717) is 49.0 Å². The molecule has 57 heavy (non-hydrogen) atoms. The molecule has 2 N–H and O–H groups in total. The van der Waals surface area contributed by atoms with E-state index in [2.05, 4.69) is 66.5 Å². The van der Waals surface area contributed by atoms with Crippen molar-refractivity contribution in [2.75, 3.05) is 13.2 Å². The summed E-state index contributed by atoms with van der Waals surface area (Å²) < 4.78 is 13.9. The molecule has 296 valence electrons. The Morgan fingerprint density at radius 2 is 1.51 bits per heavy atom. The summed E-state index contributed by atoms with van der Waals surface area (Å²) in [4.78, 5) is 34.8. The van der Waals surface area contributed by atoms with Gasteiger partial charge in [0.1, 0.15) is 11.4 Å². The number of aromatic nitrogens is 9. The zero-order valence-corrected chi connectivity index (χ0v) is 32.4. The highest BCUT2D eigenvalue weighted by Crippen LogP contribution is 2.41. The Hall–Kier alpha value is -6.59. The molecule has 0 bridgehead atoms. The summed E-state index contributed by atoms with van der Waals surface area (Å²) in [6.07, 6.45) is 1.49. The molecule has 18 nitrogen and oxygen atoms in total. The first-order valence-corrected chi connectivity index (χ1v) is 19.2. The van der Waals surface area contributed by atoms with Crippen LogP contribution in [0.4, 0.5) is 9.59 Å². The molecule has 2 atom stereocenters. The number of aliphatic imine (C=N–C) groups is 1. The van der Waals surface area contributed by atoms with Crippen LogP contribution in [0.3, 0.4) is 0 Å². The first-order chi connectivity index (χ1) is 27.8. The molecule has 0 spiro atoms. The van der Waals surface area contributed by atoms with E-state index >= 15 is 0 Å². The van der Waals surface area contributed by atoms with Crippen LogP contribution in [0.5, 0.6) is 0 Å². The van der Waals surface area contributed by atoms with Gasteiger partial charge in [0, 0.05) is 41.8 Å². The van der Waals surface area contributed by atoms with Gasteiger partial charge in [0.25, 0.3) is 0 Å². The third kappa shape index (κ3) is 8.34. The summed E-state index contributed by atoms with van der Waals surface area (Å²) in [6, 6.07) is 23.2. The first kappa shape index (κ1) is 38.7. The van der Waals surface area contributed by atoms with Gasteiger partial charge in [-0.15, -0.1) is 10.2 Å². The predicted octanol–water partition coefficient (Wildman–Crippen LogP) is 4.68. The number of nitrogens with one attached hydrogen (secondary N) is 2. The van der Waals surface area contributed by atoms with Crippen LogP contribution in [0.15, 0.2) is 88.0 Å². The molecule has 0 fully saturated rings. The van der Waals surface area contributed by atoms with E-state index in [1.165, 1.54) is 5.01 Å². The molecule has 0 saturated carbocycles. The summed E-state index contributed by atoms with van der Waals surface area (Å²) in [5.74, 6) is 0.879. The van der Waals surface area contributed by atoms with Gasteiger partial charge < -0.3 is 14.5 Å². The van der Waals surface area contributed by atoms with E-state index in [9.17, 15) is 9.59 Å². The third-order valence-corrected chi connectivity index (χ3v) is 10.4. The number of hydrogen-bond acceptors (Lipinski definition) is 13. The van der Waals surface area contributed by atoms with Crippen LogP contribution < -0.4 is 5.43 Å². The molecule has 0 saturated heterocycles. The summed E-state index contributed by atoms with van der Waals surface area (Å²) in [7, 11) is 0. The molecule has 7 rings (SSSR count). The number of benzene rings is 2. The zero-order chi connectivity index (χ0) is 39.8. The minimum atomic E-state index is -0.683. The van der Waals surface area contributed by atoms with E-state index in [1.807, 2.05) is 66.7 Å². The summed E-state index contributed by atoms with van der Waals surface area (Å²) in [5, 5.41) is 35.6. The highest BCUT2D eigenvalue weighted by atomic mass is 16.6. The van der Waals surface area contributed by atoms with Crippen LogP contribution in [-0.2, 0) is 34.4 Å². The van der Waals surface area contributed by atoms with Crippen molar-refractivity contribution in [2.45, 2.75) is 90.4 Å². The fourth-order valence-electron chi connectivity index (χ4n) is 7.56. The number of hydrazone groups is 2. The Morgan fingerprint density at radius 1 is 0.842 bits per heavy atom. The monoisotopic (exact) mass is 774 g/mol. The Bertz CT molecular complexity index is 2240. The molecule has 0 radical (unpaired) electrons. The van der Waals surface area contributed by atoms with E-state index < -0.39 is 17.6 Å². The van der Waals surface area contributed by atoms with E-state index in [0.717, 1.165) is 41.1 Å². The van der Waals surface area contributed by atoms with Crippen LogP contribution in [0.25, 0.3) is 0 Å². The molecular weight excluding hydrogens is 729 g/mol. The number of carbonyl (C=O) groups excluding carboxylic acids is 2. The molecule has 2 aliphatic heterocycles. The van der Waals surface area contributed by atoms with E-state index in [-0.39, 0.29) is 31.7 Å². The number of rotatable bonds is 15. The maximum absolute atomic E-state index is 13.5. The van der Waals surface area contributed by atoms with E-state index in [4.69, 9.17) is 19.6 Å².